The fraction of sp³-hybridized carbons (Fsp3) is 0.625. The zero-order valence-electron chi connectivity index (χ0n) is 12.4. The lowest BCUT2D eigenvalue weighted by Crippen LogP contribution is -2.40. The van der Waals surface area contributed by atoms with Gasteiger partial charge in [0.1, 0.15) is 0 Å². The van der Waals surface area contributed by atoms with Gasteiger partial charge in [0.05, 0.1) is 11.0 Å². The summed E-state index contributed by atoms with van der Waals surface area (Å²) in [4.78, 5) is 0. The highest BCUT2D eigenvalue weighted by Gasteiger charge is 2.35. The summed E-state index contributed by atoms with van der Waals surface area (Å²) in [5.74, 6) is 0.340. The van der Waals surface area contributed by atoms with Crippen LogP contribution in [0.3, 0.4) is 0 Å². The van der Waals surface area contributed by atoms with E-state index in [1.165, 1.54) is 5.56 Å². The Morgan fingerprint density at radius 1 is 1.30 bits per heavy atom. The highest BCUT2D eigenvalue weighted by Crippen LogP contribution is 2.31. The molecule has 0 spiro atoms. The summed E-state index contributed by atoms with van der Waals surface area (Å²) in [6.45, 7) is 4.94. The molecule has 0 amide bonds. The summed E-state index contributed by atoms with van der Waals surface area (Å²) >= 11 is 0. The lowest BCUT2D eigenvalue weighted by Gasteiger charge is -2.31. The van der Waals surface area contributed by atoms with E-state index in [2.05, 4.69) is 30.4 Å². The van der Waals surface area contributed by atoms with Gasteiger partial charge in [-0.05, 0) is 36.9 Å². The van der Waals surface area contributed by atoms with E-state index in [1.807, 2.05) is 13.0 Å². The Kier molecular flexibility index (Phi) is 5.22. The second kappa shape index (κ2) is 6.72. The van der Waals surface area contributed by atoms with Crippen molar-refractivity contribution in [2.45, 2.75) is 50.8 Å². The summed E-state index contributed by atoms with van der Waals surface area (Å²) in [5.41, 5.74) is 2.38. The van der Waals surface area contributed by atoms with Crippen LogP contribution in [0.25, 0.3) is 0 Å². The number of hydrogen-bond acceptors (Lipinski definition) is 3. The second-order valence-electron chi connectivity index (χ2n) is 5.54. The zero-order chi connectivity index (χ0) is 14.6. The lowest BCUT2D eigenvalue weighted by atomic mass is 9.97. The van der Waals surface area contributed by atoms with Crippen molar-refractivity contribution in [3.8, 4) is 0 Å². The first-order valence-electron chi connectivity index (χ1n) is 7.62. The van der Waals surface area contributed by atoms with Gasteiger partial charge in [0.2, 0.25) is 0 Å². The Hall–Kier alpha value is -0.870. The molecular weight excluding hydrogens is 270 g/mol. The Labute approximate surface area is 122 Å². The predicted octanol–water partition coefficient (Wildman–Crippen LogP) is 2.87. The molecule has 0 aliphatic carbocycles. The van der Waals surface area contributed by atoms with Gasteiger partial charge < -0.3 is 5.32 Å². The van der Waals surface area contributed by atoms with Gasteiger partial charge in [0.25, 0.3) is 0 Å². The van der Waals surface area contributed by atoms with Crippen molar-refractivity contribution < 1.29 is 8.42 Å². The lowest BCUT2D eigenvalue weighted by molar-refractivity contribution is 0.454. The van der Waals surface area contributed by atoms with E-state index in [0.717, 1.165) is 37.8 Å². The minimum Gasteiger partial charge on any atom is -0.309 e. The first kappa shape index (κ1) is 15.5. The molecule has 1 N–H and O–H groups in total. The van der Waals surface area contributed by atoms with Gasteiger partial charge in [-0.2, -0.15) is 0 Å². The summed E-state index contributed by atoms with van der Waals surface area (Å²) in [7, 11) is -2.98. The molecule has 2 atom stereocenters. The topological polar surface area (TPSA) is 46.2 Å². The van der Waals surface area contributed by atoms with Crippen LogP contribution in [0.15, 0.2) is 24.3 Å². The van der Waals surface area contributed by atoms with Crippen molar-refractivity contribution in [2.24, 2.45) is 0 Å². The molecule has 0 saturated carbocycles. The molecule has 1 aliphatic rings. The van der Waals surface area contributed by atoms with Crippen LogP contribution in [-0.2, 0) is 16.3 Å². The molecule has 1 aromatic rings. The van der Waals surface area contributed by atoms with Gasteiger partial charge in [-0.25, -0.2) is 8.42 Å². The first-order valence-corrected chi connectivity index (χ1v) is 9.33. The van der Waals surface area contributed by atoms with Crippen LogP contribution in [0.1, 0.15) is 50.3 Å². The van der Waals surface area contributed by atoms with Gasteiger partial charge >= 0.3 is 0 Å². The first-order chi connectivity index (χ1) is 9.58. The van der Waals surface area contributed by atoms with E-state index in [0.29, 0.717) is 5.75 Å². The average molecular weight is 295 g/mol. The maximum atomic E-state index is 12.4. The van der Waals surface area contributed by atoms with E-state index in [4.69, 9.17) is 0 Å². The number of hydrogen-bond donors (Lipinski definition) is 1. The van der Waals surface area contributed by atoms with Crippen molar-refractivity contribution >= 4 is 9.84 Å². The number of nitrogens with one attached hydrogen (secondary N) is 1. The van der Waals surface area contributed by atoms with Crippen molar-refractivity contribution in [1.29, 1.82) is 0 Å². The molecule has 1 saturated heterocycles. The fourth-order valence-corrected chi connectivity index (χ4v) is 5.15. The number of aryl methyl sites for hydroxylation is 1. The van der Waals surface area contributed by atoms with Crippen LogP contribution in [0.2, 0.25) is 0 Å². The standard InChI is InChI=1S/C16H25NO2S/c1-3-13-8-7-9-14(12-13)16(17-4-2)15-10-5-6-11-20(15,18)19/h7-9,12,15-17H,3-6,10-11H2,1-2H3. The Balaban J connectivity index is 2.34. The zero-order valence-corrected chi connectivity index (χ0v) is 13.2. The highest BCUT2D eigenvalue weighted by molar-refractivity contribution is 7.92. The van der Waals surface area contributed by atoms with Crippen LogP contribution in [-0.4, -0.2) is 26.0 Å². The van der Waals surface area contributed by atoms with E-state index < -0.39 is 9.84 Å². The van der Waals surface area contributed by atoms with Crippen LogP contribution < -0.4 is 5.32 Å². The minimum atomic E-state index is -2.98. The third-order valence-corrected chi connectivity index (χ3v) is 6.43. The van der Waals surface area contributed by atoms with Crippen LogP contribution in [0.4, 0.5) is 0 Å². The molecule has 4 heteroatoms. The van der Waals surface area contributed by atoms with Crippen LogP contribution in [0, 0.1) is 0 Å². The smallest absolute Gasteiger partial charge is 0.155 e. The summed E-state index contributed by atoms with van der Waals surface area (Å²) in [6, 6.07) is 8.26. The SMILES string of the molecule is CCNC(c1cccc(CC)c1)C1CCCCS1(=O)=O. The average Bonchev–Trinajstić information content (AvgIpc) is 2.45. The minimum absolute atomic E-state index is 0.0724. The van der Waals surface area contributed by atoms with E-state index in [9.17, 15) is 8.42 Å². The molecule has 0 aromatic heterocycles. The van der Waals surface area contributed by atoms with Crippen molar-refractivity contribution in [2.75, 3.05) is 12.3 Å². The largest absolute Gasteiger partial charge is 0.309 e. The van der Waals surface area contributed by atoms with Gasteiger partial charge in [-0.3, -0.25) is 0 Å². The van der Waals surface area contributed by atoms with Crippen molar-refractivity contribution in [3.05, 3.63) is 35.4 Å². The van der Waals surface area contributed by atoms with Crippen molar-refractivity contribution in [1.82, 2.24) is 5.32 Å². The van der Waals surface area contributed by atoms with Gasteiger partial charge in [-0.1, -0.05) is 44.5 Å². The third kappa shape index (κ3) is 3.41. The van der Waals surface area contributed by atoms with E-state index in [-0.39, 0.29) is 11.3 Å². The highest BCUT2D eigenvalue weighted by atomic mass is 32.2. The molecule has 1 heterocycles. The molecule has 1 aliphatic heterocycles. The van der Waals surface area contributed by atoms with E-state index in [1.54, 1.807) is 0 Å². The molecule has 0 radical (unpaired) electrons. The molecule has 1 aromatic carbocycles. The predicted molar refractivity (Wildman–Crippen MR) is 83.7 cm³/mol. The third-order valence-electron chi connectivity index (χ3n) is 4.14. The Morgan fingerprint density at radius 3 is 2.75 bits per heavy atom. The van der Waals surface area contributed by atoms with E-state index >= 15 is 0 Å². The fourth-order valence-electron chi connectivity index (χ4n) is 3.04. The molecular formula is C16H25NO2S. The molecule has 0 bridgehead atoms. The maximum absolute atomic E-state index is 12.4. The number of benzene rings is 1. The maximum Gasteiger partial charge on any atom is 0.155 e. The molecule has 20 heavy (non-hydrogen) atoms. The monoisotopic (exact) mass is 295 g/mol. The van der Waals surface area contributed by atoms with Crippen LogP contribution in [0.5, 0.6) is 0 Å². The number of rotatable bonds is 5. The Bertz CT molecular complexity index is 539. The second-order valence-corrected chi connectivity index (χ2v) is 7.87. The molecule has 1 fully saturated rings. The molecule has 2 unspecified atom stereocenters. The normalized spacial score (nSPS) is 23.4. The Morgan fingerprint density at radius 2 is 2.10 bits per heavy atom. The van der Waals surface area contributed by atoms with Gasteiger partial charge in [-0.15, -0.1) is 0 Å². The van der Waals surface area contributed by atoms with Crippen LogP contribution >= 0.6 is 0 Å². The summed E-state index contributed by atoms with van der Waals surface area (Å²) in [6.07, 6.45) is 3.58. The molecule has 3 nitrogen and oxygen atoms in total. The van der Waals surface area contributed by atoms with Crippen molar-refractivity contribution in [3.63, 3.8) is 0 Å². The van der Waals surface area contributed by atoms with Gasteiger partial charge in [0, 0.05) is 6.04 Å². The quantitative estimate of drug-likeness (QED) is 0.908. The molecule has 2 rings (SSSR count). The van der Waals surface area contributed by atoms with Gasteiger partial charge in [0.15, 0.2) is 9.84 Å². The molecule has 112 valence electrons. The number of sulfone groups is 1. The summed E-state index contributed by atoms with van der Waals surface area (Å²) < 4.78 is 24.8. The summed E-state index contributed by atoms with van der Waals surface area (Å²) in [5, 5.41) is 3.12.